The third kappa shape index (κ3) is 8.59. The van der Waals surface area contributed by atoms with Crippen LogP contribution in [0.1, 0.15) is 18.1 Å². The summed E-state index contributed by atoms with van der Waals surface area (Å²) in [6.45, 7) is 4.09. The Hall–Kier alpha value is -2.49. The van der Waals surface area contributed by atoms with Crippen molar-refractivity contribution in [3.05, 3.63) is 59.7 Å². The number of nitrogens with one attached hydrogen (secondary N) is 3. The van der Waals surface area contributed by atoms with E-state index in [1.54, 1.807) is 7.11 Å². The number of hydrogen-bond acceptors (Lipinski definition) is 4. The second-order valence-corrected chi connectivity index (χ2v) is 6.00. The van der Waals surface area contributed by atoms with E-state index in [-0.39, 0.29) is 24.0 Å². The fourth-order valence-corrected chi connectivity index (χ4v) is 2.60. The van der Waals surface area contributed by atoms with E-state index < -0.39 is 6.09 Å². The molecule has 2 aromatic rings. The highest BCUT2D eigenvalue weighted by Crippen LogP contribution is 2.17. The molecule has 0 saturated carbocycles. The van der Waals surface area contributed by atoms with Crippen LogP contribution in [0.5, 0.6) is 5.75 Å². The van der Waals surface area contributed by atoms with Crippen LogP contribution in [0.2, 0.25) is 0 Å². The predicted molar refractivity (Wildman–Crippen MR) is 127 cm³/mol. The summed E-state index contributed by atoms with van der Waals surface area (Å²) in [4.78, 5) is 15.8. The zero-order valence-corrected chi connectivity index (χ0v) is 19.4. The molecule has 0 atom stereocenters. The standard InChI is InChI=1S/C21H28N4O3.HI/c1-4-22-20(23-14-13-17-7-5-6-8-19(17)27-2)24-15-16-9-11-18(12-10-16)25-21(26)28-3;/h5-12H,4,13-15H2,1-3H3,(H,25,26)(H2,22,23,24);1H. The van der Waals surface area contributed by atoms with E-state index in [1.807, 2.05) is 49.4 Å². The van der Waals surface area contributed by atoms with Crippen molar-refractivity contribution < 1.29 is 14.3 Å². The van der Waals surface area contributed by atoms with Crippen LogP contribution in [0, 0.1) is 0 Å². The highest BCUT2D eigenvalue weighted by Gasteiger charge is 2.03. The number of nitrogens with zero attached hydrogens (tertiary/aromatic N) is 1. The predicted octanol–water partition coefficient (Wildman–Crippen LogP) is 3.79. The average Bonchev–Trinajstić information content (AvgIpc) is 2.73. The molecule has 2 rings (SSSR count). The van der Waals surface area contributed by atoms with E-state index in [1.165, 1.54) is 7.11 Å². The molecule has 0 bridgehead atoms. The Morgan fingerprint density at radius 2 is 1.76 bits per heavy atom. The molecule has 29 heavy (non-hydrogen) atoms. The molecule has 0 fully saturated rings. The molecular formula is C21H29IN4O3. The second-order valence-electron chi connectivity index (χ2n) is 6.00. The number of ether oxygens (including phenoxy) is 2. The normalized spacial score (nSPS) is 10.5. The van der Waals surface area contributed by atoms with Gasteiger partial charge in [-0.2, -0.15) is 0 Å². The van der Waals surface area contributed by atoms with Gasteiger partial charge in [0, 0.05) is 18.8 Å². The van der Waals surface area contributed by atoms with E-state index in [9.17, 15) is 4.79 Å². The van der Waals surface area contributed by atoms with Crippen LogP contribution in [0.3, 0.4) is 0 Å². The molecule has 7 nitrogen and oxygen atoms in total. The summed E-state index contributed by atoms with van der Waals surface area (Å²) in [5.74, 6) is 1.65. The molecule has 0 unspecified atom stereocenters. The Labute approximate surface area is 189 Å². The molecule has 158 valence electrons. The maximum absolute atomic E-state index is 11.2. The summed E-state index contributed by atoms with van der Waals surface area (Å²) in [6, 6.07) is 15.5. The molecule has 0 aliphatic heterocycles. The van der Waals surface area contributed by atoms with E-state index in [0.29, 0.717) is 12.2 Å². The van der Waals surface area contributed by atoms with Gasteiger partial charge in [-0.3, -0.25) is 5.32 Å². The smallest absolute Gasteiger partial charge is 0.411 e. The number of hydrogen-bond donors (Lipinski definition) is 3. The molecule has 0 saturated heterocycles. The lowest BCUT2D eigenvalue weighted by atomic mass is 10.1. The molecule has 0 aliphatic rings. The minimum atomic E-state index is -0.487. The Balaban J connectivity index is 0.00000420. The summed E-state index contributed by atoms with van der Waals surface area (Å²) >= 11 is 0. The molecule has 0 heterocycles. The number of carbonyl (C=O) groups is 1. The monoisotopic (exact) mass is 512 g/mol. The van der Waals surface area contributed by atoms with Gasteiger partial charge in [0.1, 0.15) is 5.75 Å². The van der Waals surface area contributed by atoms with E-state index in [0.717, 1.165) is 42.3 Å². The number of anilines is 1. The maximum atomic E-state index is 11.2. The number of guanidine groups is 1. The van der Waals surface area contributed by atoms with Gasteiger partial charge in [0.05, 0.1) is 20.8 Å². The van der Waals surface area contributed by atoms with Crippen LogP contribution in [0.4, 0.5) is 10.5 Å². The number of carbonyl (C=O) groups excluding carboxylic acids is 1. The number of halogens is 1. The molecule has 0 aromatic heterocycles. The zero-order chi connectivity index (χ0) is 20.2. The number of benzene rings is 2. The summed E-state index contributed by atoms with van der Waals surface area (Å²) in [5.41, 5.74) is 2.88. The third-order valence-corrected chi connectivity index (χ3v) is 4.03. The first-order valence-corrected chi connectivity index (χ1v) is 9.24. The summed E-state index contributed by atoms with van der Waals surface area (Å²) < 4.78 is 9.97. The molecule has 0 radical (unpaired) electrons. The topological polar surface area (TPSA) is 84.0 Å². The van der Waals surface area contributed by atoms with Gasteiger partial charge >= 0.3 is 6.09 Å². The van der Waals surface area contributed by atoms with Gasteiger partial charge in [-0.1, -0.05) is 30.3 Å². The maximum Gasteiger partial charge on any atom is 0.411 e. The van der Waals surface area contributed by atoms with Gasteiger partial charge in [-0.15, -0.1) is 24.0 Å². The Bertz CT molecular complexity index is 782. The molecular weight excluding hydrogens is 483 g/mol. The van der Waals surface area contributed by atoms with Gasteiger partial charge in [0.2, 0.25) is 0 Å². The van der Waals surface area contributed by atoms with E-state index >= 15 is 0 Å². The van der Waals surface area contributed by atoms with E-state index in [4.69, 9.17) is 4.74 Å². The quantitative estimate of drug-likeness (QED) is 0.285. The number of methoxy groups -OCH3 is 2. The molecule has 8 heteroatoms. The van der Waals surface area contributed by atoms with Gasteiger partial charge in [-0.05, 0) is 42.7 Å². The van der Waals surface area contributed by atoms with E-state index in [2.05, 4.69) is 31.7 Å². The minimum Gasteiger partial charge on any atom is -0.496 e. The molecule has 1 amide bonds. The van der Waals surface area contributed by atoms with Crippen molar-refractivity contribution >= 4 is 41.7 Å². The number of amides is 1. The molecule has 2 aromatic carbocycles. The van der Waals surface area contributed by atoms with Crippen LogP contribution >= 0.6 is 24.0 Å². The first kappa shape index (κ1) is 24.5. The highest BCUT2D eigenvalue weighted by atomic mass is 127. The molecule has 0 aliphatic carbocycles. The van der Waals surface area contributed by atoms with Crippen molar-refractivity contribution in [2.24, 2.45) is 4.99 Å². The van der Waals surface area contributed by atoms with Crippen molar-refractivity contribution in [1.82, 2.24) is 10.6 Å². The van der Waals surface area contributed by atoms with Gasteiger partial charge in [0.25, 0.3) is 0 Å². The molecule has 3 N–H and O–H groups in total. The van der Waals surface area contributed by atoms with Crippen LogP contribution < -0.4 is 20.7 Å². The second kappa shape index (κ2) is 13.6. The summed E-state index contributed by atoms with van der Waals surface area (Å²) in [7, 11) is 3.02. The van der Waals surface area contributed by atoms with Crippen LogP contribution in [-0.4, -0.2) is 39.4 Å². The largest absolute Gasteiger partial charge is 0.496 e. The lowest BCUT2D eigenvalue weighted by Gasteiger charge is -2.13. The van der Waals surface area contributed by atoms with Crippen molar-refractivity contribution in [1.29, 1.82) is 0 Å². The Morgan fingerprint density at radius 1 is 1.03 bits per heavy atom. The SMILES string of the molecule is CCNC(=NCc1ccc(NC(=O)OC)cc1)NCCc1ccccc1OC.I. The van der Waals surface area contributed by atoms with Crippen LogP contribution in [0.15, 0.2) is 53.5 Å². The van der Waals surface area contributed by atoms with Crippen molar-refractivity contribution in [2.75, 3.05) is 32.6 Å². The Kier molecular flexibility index (Phi) is 11.6. The Morgan fingerprint density at radius 3 is 2.41 bits per heavy atom. The zero-order valence-electron chi connectivity index (χ0n) is 17.0. The number of para-hydroxylation sites is 1. The van der Waals surface area contributed by atoms with Gasteiger partial charge < -0.3 is 20.1 Å². The van der Waals surface area contributed by atoms with Crippen LogP contribution in [-0.2, 0) is 17.7 Å². The minimum absolute atomic E-state index is 0. The van der Waals surface area contributed by atoms with Gasteiger partial charge in [0.15, 0.2) is 5.96 Å². The van der Waals surface area contributed by atoms with Crippen molar-refractivity contribution in [2.45, 2.75) is 19.9 Å². The number of aliphatic imine (C=N–C) groups is 1. The third-order valence-electron chi connectivity index (χ3n) is 4.03. The average molecular weight is 512 g/mol. The fourth-order valence-electron chi connectivity index (χ4n) is 2.60. The summed E-state index contributed by atoms with van der Waals surface area (Å²) in [5, 5.41) is 9.22. The number of rotatable bonds is 8. The van der Waals surface area contributed by atoms with Crippen molar-refractivity contribution in [3.63, 3.8) is 0 Å². The fraction of sp³-hybridized carbons (Fsp3) is 0.333. The highest BCUT2D eigenvalue weighted by molar-refractivity contribution is 14.0. The first-order valence-electron chi connectivity index (χ1n) is 9.24. The molecule has 0 spiro atoms. The summed E-state index contributed by atoms with van der Waals surface area (Å²) in [6.07, 6.45) is 0.349. The van der Waals surface area contributed by atoms with Crippen molar-refractivity contribution in [3.8, 4) is 5.75 Å². The van der Waals surface area contributed by atoms with Gasteiger partial charge in [-0.25, -0.2) is 9.79 Å². The van der Waals surface area contributed by atoms with Crippen LogP contribution in [0.25, 0.3) is 0 Å². The lowest BCUT2D eigenvalue weighted by molar-refractivity contribution is 0.187. The first-order chi connectivity index (χ1) is 13.7. The lowest BCUT2D eigenvalue weighted by Crippen LogP contribution is -2.38.